The fraction of sp³-hybridized carbons (Fsp3) is 0.400. The van der Waals surface area contributed by atoms with Gasteiger partial charge in [-0.1, -0.05) is 32.0 Å². The molecule has 0 N–H and O–H groups in total. The number of piperazine rings is 1. The van der Waals surface area contributed by atoms with Crippen LogP contribution in [0.2, 0.25) is 0 Å². The molecule has 0 saturated carbocycles. The summed E-state index contributed by atoms with van der Waals surface area (Å²) in [7, 11) is -3.68. The molecule has 2 aliphatic rings. The van der Waals surface area contributed by atoms with Crippen molar-refractivity contribution in [2.45, 2.75) is 38.6 Å². The van der Waals surface area contributed by atoms with Crippen LogP contribution in [0.4, 0.5) is 0 Å². The van der Waals surface area contributed by atoms with Crippen molar-refractivity contribution in [1.82, 2.24) is 14.1 Å². The molecule has 34 heavy (non-hydrogen) atoms. The number of hydrogen-bond acceptors (Lipinski definition) is 5. The largest absolute Gasteiger partial charge is 0.338 e. The van der Waals surface area contributed by atoms with Crippen LogP contribution in [0, 0.1) is 19.8 Å². The molecule has 4 rings (SSSR count). The van der Waals surface area contributed by atoms with Crippen LogP contribution < -0.4 is 0 Å². The second-order valence-electron chi connectivity index (χ2n) is 9.19. The zero-order valence-electron chi connectivity index (χ0n) is 19.8. The van der Waals surface area contributed by atoms with Crippen LogP contribution in [-0.4, -0.2) is 72.5 Å². The van der Waals surface area contributed by atoms with Crippen molar-refractivity contribution >= 4 is 27.7 Å². The Morgan fingerprint density at radius 3 is 1.91 bits per heavy atom. The lowest BCUT2D eigenvalue weighted by Crippen LogP contribution is -2.58. The first-order chi connectivity index (χ1) is 16.0. The summed E-state index contributed by atoms with van der Waals surface area (Å²) < 4.78 is 27.6. The van der Waals surface area contributed by atoms with Crippen molar-refractivity contribution in [2.24, 2.45) is 5.92 Å². The monoisotopic (exact) mass is 483 g/mol. The van der Waals surface area contributed by atoms with E-state index in [1.54, 1.807) is 61.2 Å². The molecule has 3 amide bonds. The number of benzene rings is 2. The third-order valence-electron chi connectivity index (χ3n) is 6.65. The Bertz CT molecular complexity index is 1230. The molecule has 1 unspecified atom stereocenters. The zero-order valence-corrected chi connectivity index (χ0v) is 20.6. The quantitative estimate of drug-likeness (QED) is 0.609. The van der Waals surface area contributed by atoms with Crippen molar-refractivity contribution < 1.29 is 22.8 Å². The van der Waals surface area contributed by atoms with E-state index in [2.05, 4.69) is 0 Å². The van der Waals surface area contributed by atoms with E-state index in [0.717, 1.165) is 16.0 Å². The van der Waals surface area contributed by atoms with Gasteiger partial charge in [0.25, 0.3) is 11.8 Å². The Hall–Kier alpha value is -3.04. The molecular formula is C25H29N3O5S. The molecule has 1 saturated heterocycles. The van der Waals surface area contributed by atoms with Crippen LogP contribution in [0.25, 0.3) is 0 Å². The summed E-state index contributed by atoms with van der Waals surface area (Å²) in [6.45, 7) is 8.07. The van der Waals surface area contributed by atoms with Gasteiger partial charge in [-0.15, -0.1) is 0 Å². The predicted molar refractivity (Wildman–Crippen MR) is 127 cm³/mol. The number of imide groups is 1. The van der Waals surface area contributed by atoms with Crippen molar-refractivity contribution in [2.75, 3.05) is 26.2 Å². The van der Waals surface area contributed by atoms with Crippen molar-refractivity contribution in [3.05, 3.63) is 64.7 Å². The first-order valence-electron chi connectivity index (χ1n) is 11.4. The maximum atomic E-state index is 13.5. The summed E-state index contributed by atoms with van der Waals surface area (Å²) >= 11 is 0. The van der Waals surface area contributed by atoms with Crippen LogP contribution in [0.15, 0.2) is 47.4 Å². The van der Waals surface area contributed by atoms with Crippen LogP contribution in [0.3, 0.4) is 0 Å². The molecule has 1 atom stereocenters. The lowest BCUT2D eigenvalue weighted by atomic mass is 10.0. The molecule has 2 aliphatic heterocycles. The van der Waals surface area contributed by atoms with E-state index in [9.17, 15) is 22.8 Å². The Labute approximate surface area is 200 Å². The fourth-order valence-corrected chi connectivity index (χ4v) is 6.02. The number of aryl methyl sites for hydroxylation is 2. The standard InChI is InChI=1S/C25H29N3O5S/c1-16(2)22(28-23(29)20-7-5-6-8-21(20)24(28)30)25(31)26-11-13-27(14-12-26)34(32,33)19-10-9-17(3)18(4)15-19/h5-10,15-16,22H,11-14H2,1-4H3. The van der Waals surface area contributed by atoms with E-state index in [0.29, 0.717) is 11.1 Å². The van der Waals surface area contributed by atoms with Gasteiger partial charge in [0, 0.05) is 26.2 Å². The minimum atomic E-state index is -3.68. The Kier molecular flexibility index (Phi) is 6.35. The average molecular weight is 484 g/mol. The van der Waals surface area contributed by atoms with Crippen molar-refractivity contribution in [3.8, 4) is 0 Å². The second kappa shape index (κ2) is 8.96. The second-order valence-corrected chi connectivity index (χ2v) is 11.1. The van der Waals surface area contributed by atoms with E-state index in [1.807, 2.05) is 13.8 Å². The number of fused-ring (bicyclic) bond motifs is 1. The molecule has 2 heterocycles. The molecule has 9 heteroatoms. The summed E-state index contributed by atoms with van der Waals surface area (Å²) in [5, 5.41) is 0. The van der Waals surface area contributed by atoms with Gasteiger partial charge in [0.1, 0.15) is 6.04 Å². The van der Waals surface area contributed by atoms with Gasteiger partial charge in [0.15, 0.2) is 0 Å². The fourth-order valence-electron chi connectivity index (χ4n) is 4.51. The summed E-state index contributed by atoms with van der Waals surface area (Å²) in [4.78, 5) is 42.3. The number of rotatable bonds is 5. The van der Waals surface area contributed by atoms with E-state index in [4.69, 9.17) is 0 Å². The summed E-state index contributed by atoms with van der Waals surface area (Å²) in [6, 6.07) is 10.7. The molecule has 0 radical (unpaired) electrons. The van der Waals surface area contributed by atoms with E-state index < -0.39 is 27.9 Å². The summed E-state index contributed by atoms with van der Waals surface area (Å²) in [6.07, 6.45) is 0. The molecule has 180 valence electrons. The minimum Gasteiger partial charge on any atom is -0.338 e. The molecule has 0 spiro atoms. The van der Waals surface area contributed by atoms with Crippen LogP contribution in [0.1, 0.15) is 45.7 Å². The number of sulfonamides is 1. The molecule has 8 nitrogen and oxygen atoms in total. The third-order valence-corrected chi connectivity index (χ3v) is 8.55. The molecule has 2 aromatic carbocycles. The molecule has 0 bridgehead atoms. The van der Waals surface area contributed by atoms with Crippen LogP contribution in [0.5, 0.6) is 0 Å². The highest BCUT2D eigenvalue weighted by molar-refractivity contribution is 7.89. The van der Waals surface area contributed by atoms with Gasteiger partial charge in [-0.05, 0) is 55.2 Å². The van der Waals surface area contributed by atoms with Gasteiger partial charge in [0.2, 0.25) is 15.9 Å². The van der Waals surface area contributed by atoms with Crippen molar-refractivity contribution in [3.63, 3.8) is 0 Å². The third kappa shape index (κ3) is 4.03. The first kappa shape index (κ1) is 24.1. The number of carbonyl (C=O) groups is 3. The first-order valence-corrected chi connectivity index (χ1v) is 12.8. The smallest absolute Gasteiger partial charge is 0.262 e. The van der Waals surface area contributed by atoms with Gasteiger partial charge < -0.3 is 4.90 Å². The molecule has 1 fully saturated rings. The number of nitrogens with zero attached hydrogens (tertiary/aromatic N) is 3. The number of carbonyl (C=O) groups excluding carboxylic acids is 3. The van der Waals surface area contributed by atoms with Crippen LogP contribution in [-0.2, 0) is 14.8 Å². The topological polar surface area (TPSA) is 95.1 Å². The minimum absolute atomic E-state index is 0.147. The number of amides is 3. The van der Waals surface area contributed by atoms with Gasteiger partial charge >= 0.3 is 0 Å². The van der Waals surface area contributed by atoms with Gasteiger partial charge in [-0.3, -0.25) is 19.3 Å². The predicted octanol–water partition coefficient (Wildman–Crippen LogP) is 2.46. The Morgan fingerprint density at radius 2 is 1.41 bits per heavy atom. The highest BCUT2D eigenvalue weighted by Gasteiger charge is 2.45. The molecule has 2 aromatic rings. The van der Waals surface area contributed by atoms with Gasteiger partial charge in [-0.2, -0.15) is 4.31 Å². The lowest BCUT2D eigenvalue weighted by molar-refractivity contribution is -0.138. The zero-order chi connectivity index (χ0) is 24.8. The van der Waals surface area contributed by atoms with Gasteiger partial charge in [0.05, 0.1) is 16.0 Å². The maximum absolute atomic E-state index is 13.5. The Balaban J connectivity index is 1.50. The lowest BCUT2D eigenvalue weighted by Gasteiger charge is -2.38. The normalized spacial score (nSPS) is 17.9. The average Bonchev–Trinajstić information content (AvgIpc) is 3.06. The molecule has 0 aromatic heterocycles. The van der Waals surface area contributed by atoms with Gasteiger partial charge in [-0.25, -0.2) is 8.42 Å². The molecule has 0 aliphatic carbocycles. The van der Waals surface area contributed by atoms with Crippen LogP contribution >= 0.6 is 0 Å². The van der Waals surface area contributed by atoms with Crippen molar-refractivity contribution in [1.29, 1.82) is 0 Å². The SMILES string of the molecule is Cc1ccc(S(=O)(=O)N2CCN(C(=O)C(C(C)C)N3C(=O)c4ccccc4C3=O)CC2)cc1C. The van der Waals surface area contributed by atoms with E-state index in [1.165, 1.54) is 4.31 Å². The summed E-state index contributed by atoms with van der Waals surface area (Å²) in [5.41, 5.74) is 2.52. The molecular weight excluding hydrogens is 454 g/mol. The maximum Gasteiger partial charge on any atom is 0.262 e. The van der Waals surface area contributed by atoms with E-state index in [-0.39, 0.29) is 42.9 Å². The summed E-state index contributed by atoms with van der Waals surface area (Å²) in [5.74, 6) is -1.58. The number of hydrogen-bond donors (Lipinski definition) is 0. The highest BCUT2D eigenvalue weighted by Crippen LogP contribution is 2.29. The Morgan fingerprint density at radius 1 is 0.853 bits per heavy atom. The van der Waals surface area contributed by atoms with E-state index >= 15 is 0 Å². The highest BCUT2D eigenvalue weighted by atomic mass is 32.2.